The number of benzene rings is 2. The summed E-state index contributed by atoms with van der Waals surface area (Å²) in [6, 6.07) is 8.88. The molecule has 222 valence electrons. The average Bonchev–Trinajstić information content (AvgIpc) is 3.13. The fourth-order valence-electron chi connectivity index (χ4n) is 6.25. The van der Waals surface area contributed by atoms with Gasteiger partial charge in [-0.15, -0.1) is 0 Å². The summed E-state index contributed by atoms with van der Waals surface area (Å²) in [5.74, 6) is -0.234. The van der Waals surface area contributed by atoms with Crippen LogP contribution in [-0.4, -0.2) is 50.9 Å². The molecule has 2 heterocycles. The molecule has 0 bridgehead atoms. The minimum Gasteiger partial charge on any atom is -0.541 e. The van der Waals surface area contributed by atoms with E-state index in [2.05, 4.69) is 46.5 Å². The van der Waals surface area contributed by atoms with Crippen molar-refractivity contribution in [3.05, 3.63) is 65.1 Å². The van der Waals surface area contributed by atoms with Crippen LogP contribution in [0.1, 0.15) is 76.0 Å². The Morgan fingerprint density at radius 1 is 1.00 bits per heavy atom. The van der Waals surface area contributed by atoms with E-state index in [-0.39, 0.29) is 46.2 Å². The Hall–Kier alpha value is -3.02. The molecule has 2 aromatic carbocycles. The highest BCUT2D eigenvalue weighted by atomic mass is 32.2. The molecule has 1 unspecified atom stereocenters. The van der Waals surface area contributed by atoms with Gasteiger partial charge in [0.25, 0.3) is 14.2 Å². The van der Waals surface area contributed by atoms with Crippen LogP contribution in [0.4, 0.5) is 4.39 Å². The molecule has 1 atom stereocenters. The first kappa shape index (κ1) is 30.9. The standard InChI is InChI=1S/C30H40FN3O5SSi/c1-18(2)41(19(3)4,20(5)6)39-29-26-25(21(7)34(30(26)35)17-22-12-14-23(31)15-13-22)28(38-40(36,37)33(8)9)24-11-10-16-32-27(24)29/h10-16,18-21H,17H2,1-9H3. The number of rotatable bonds is 10. The normalized spacial score (nSPS) is 16.0. The molecule has 3 aromatic rings. The molecule has 0 radical (unpaired) electrons. The number of fused-ring (bicyclic) bond motifs is 2. The highest BCUT2D eigenvalue weighted by molar-refractivity contribution is 7.84. The van der Waals surface area contributed by atoms with Crippen molar-refractivity contribution in [2.45, 2.75) is 77.7 Å². The van der Waals surface area contributed by atoms with Gasteiger partial charge in [0.1, 0.15) is 17.1 Å². The summed E-state index contributed by atoms with van der Waals surface area (Å²) in [6.45, 7) is 15.0. The molecular formula is C30H40FN3O5SSi. The second-order valence-electron chi connectivity index (χ2n) is 11.8. The maximum absolute atomic E-state index is 14.3. The van der Waals surface area contributed by atoms with Crippen LogP contribution in [0, 0.1) is 5.82 Å². The number of nitrogens with zero attached hydrogens (tertiary/aromatic N) is 3. The number of amides is 1. The third-order valence-electron chi connectivity index (χ3n) is 8.26. The molecule has 8 nitrogen and oxygen atoms in total. The Balaban J connectivity index is 2.04. The van der Waals surface area contributed by atoms with Gasteiger partial charge in [0.05, 0.1) is 11.6 Å². The van der Waals surface area contributed by atoms with Crippen LogP contribution < -0.4 is 8.61 Å². The molecule has 1 amide bonds. The Labute approximate surface area is 243 Å². The average molecular weight is 602 g/mol. The van der Waals surface area contributed by atoms with Crippen LogP contribution in [0.3, 0.4) is 0 Å². The minimum absolute atomic E-state index is 0.0671. The monoisotopic (exact) mass is 601 g/mol. The third-order valence-corrected chi connectivity index (χ3v) is 15.5. The van der Waals surface area contributed by atoms with Gasteiger partial charge in [-0.2, -0.15) is 12.7 Å². The maximum atomic E-state index is 14.3. The van der Waals surface area contributed by atoms with E-state index in [4.69, 9.17) is 8.61 Å². The molecule has 0 fully saturated rings. The van der Waals surface area contributed by atoms with Crippen molar-refractivity contribution in [2.24, 2.45) is 0 Å². The summed E-state index contributed by atoms with van der Waals surface area (Å²) in [6.07, 6.45) is 1.61. The van der Waals surface area contributed by atoms with Crippen LogP contribution in [0.15, 0.2) is 42.6 Å². The van der Waals surface area contributed by atoms with Gasteiger partial charge in [0.2, 0.25) is 0 Å². The fourth-order valence-corrected chi connectivity index (χ4v) is 12.0. The van der Waals surface area contributed by atoms with E-state index in [1.165, 1.54) is 26.2 Å². The number of halogens is 1. The second-order valence-corrected chi connectivity index (χ2v) is 19.0. The van der Waals surface area contributed by atoms with Crippen molar-refractivity contribution in [3.63, 3.8) is 0 Å². The molecule has 41 heavy (non-hydrogen) atoms. The summed E-state index contributed by atoms with van der Waals surface area (Å²) < 4.78 is 53.6. The van der Waals surface area contributed by atoms with Gasteiger partial charge in [-0.1, -0.05) is 53.7 Å². The fraction of sp³-hybridized carbons (Fsp3) is 0.467. The van der Waals surface area contributed by atoms with Gasteiger partial charge >= 0.3 is 10.3 Å². The maximum Gasteiger partial charge on any atom is 0.384 e. The quantitative estimate of drug-likeness (QED) is 0.237. The van der Waals surface area contributed by atoms with E-state index in [9.17, 15) is 17.6 Å². The van der Waals surface area contributed by atoms with Gasteiger partial charge in [0, 0.05) is 37.8 Å². The molecule has 0 aliphatic carbocycles. The van der Waals surface area contributed by atoms with Gasteiger partial charge in [-0.05, 0) is 53.4 Å². The Morgan fingerprint density at radius 3 is 2.12 bits per heavy atom. The van der Waals surface area contributed by atoms with Crippen LogP contribution in [-0.2, 0) is 16.8 Å². The van der Waals surface area contributed by atoms with E-state index in [0.29, 0.717) is 22.2 Å². The summed E-state index contributed by atoms with van der Waals surface area (Å²) in [4.78, 5) is 20.6. The van der Waals surface area contributed by atoms with Crippen molar-refractivity contribution >= 4 is 35.4 Å². The first-order valence-corrected chi connectivity index (χ1v) is 17.4. The van der Waals surface area contributed by atoms with Crippen LogP contribution in [0.5, 0.6) is 11.5 Å². The van der Waals surface area contributed by atoms with Crippen LogP contribution in [0.25, 0.3) is 10.9 Å². The van der Waals surface area contributed by atoms with E-state index in [1.54, 1.807) is 35.4 Å². The highest BCUT2D eigenvalue weighted by Gasteiger charge is 2.50. The zero-order chi connectivity index (χ0) is 30.4. The van der Waals surface area contributed by atoms with Gasteiger partial charge in [0.15, 0.2) is 5.75 Å². The van der Waals surface area contributed by atoms with Gasteiger partial charge in [-0.25, -0.2) is 4.39 Å². The predicted octanol–water partition coefficient (Wildman–Crippen LogP) is 6.83. The number of carbonyl (C=O) groups excluding carboxylic acids is 1. The van der Waals surface area contributed by atoms with Crippen LogP contribution in [0.2, 0.25) is 16.6 Å². The van der Waals surface area contributed by atoms with Crippen molar-refractivity contribution in [2.75, 3.05) is 14.1 Å². The molecule has 1 aromatic heterocycles. The van der Waals surface area contributed by atoms with E-state index in [0.717, 1.165) is 9.87 Å². The van der Waals surface area contributed by atoms with Gasteiger partial charge < -0.3 is 13.5 Å². The number of carbonyl (C=O) groups is 1. The van der Waals surface area contributed by atoms with Crippen molar-refractivity contribution in [3.8, 4) is 11.5 Å². The van der Waals surface area contributed by atoms with E-state index >= 15 is 0 Å². The molecule has 0 saturated carbocycles. The molecule has 4 rings (SSSR count). The summed E-state index contributed by atoms with van der Waals surface area (Å²) >= 11 is 0. The van der Waals surface area contributed by atoms with E-state index in [1.807, 2.05) is 6.92 Å². The molecule has 1 aliphatic rings. The predicted molar refractivity (Wildman–Crippen MR) is 161 cm³/mol. The number of pyridine rings is 1. The summed E-state index contributed by atoms with van der Waals surface area (Å²) in [5, 5.41) is 0.453. The zero-order valence-corrected chi connectivity index (χ0v) is 27.0. The third kappa shape index (κ3) is 5.35. The Morgan fingerprint density at radius 2 is 1.59 bits per heavy atom. The Kier molecular flexibility index (Phi) is 8.55. The van der Waals surface area contributed by atoms with Crippen molar-refractivity contribution < 1.29 is 26.2 Å². The first-order chi connectivity index (χ1) is 19.1. The van der Waals surface area contributed by atoms with Crippen molar-refractivity contribution in [1.82, 2.24) is 14.2 Å². The zero-order valence-electron chi connectivity index (χ0n) is 25.2. The van der Waals surface area contributed by atoms with Crippen LogP contribution >= 0.6 is 0 Å². The van der Waals surface area contributed by atoms with E-state index < -0.39 is 24.7 Å². The summed E-state index contributed by atoms with van der Waals surface area (Å²) in [7, 11) is -3.99. The highest BCUT2D eigenvalue weighted by Crippen LogP contribution is 2.52. The lowest BCUT2D eigenvalue weighted by molar-refractivity contribution is 0.0721. The lowest BCUT2D eigenvalue weighted by atomic mass is 9.99. The number of aromatic nitrogens is 1. The van der Waals surface area contributed by atoms with Crippen molar-refractivity contribution in [1.29, 1.82) is 0 Å². The molecule has 0 spiro atoms. The molecule has 0 saturated heterocycles. The molecular weight excluding hydrogens is 561 g/mol. The number of hydrogen-bond acceptors (Lipinski definition) is 6. The molecule has 11 heteroatoms. The minimum atomic E-state index is -4.17. The SMILES string of the molecule is CC1c2c(c(O[Si](C(C)C)(C(C)C)C(C)C)c3ncccc3c2OS(=O)(=O)N(C)C)C(=O)N1Cc1ccc(F)cc1. The second kappa shape index (κ2) is 11.3. The lowest BCUT2D eigenvalue weighted by Crippen LogP contribution is -2.51. The first-order valence-electron chi connectivity index (χ1n) is 13.9. The van der Waals surface area contributed by atoms with Gasteiger partial charge in [-0.3, -0.25) is 9.78 Å². The largest absolute Gasteiger partial charge is 0.541 e. The lowest BCUT2D eigenvalue weighted by Gasteiger charge is -2.42. The Bertz CT molecular complexity index is 1540. The molecule has 0 N–H and O–H groups in total. The smallest absolute Gasteiger partial charge is 0.384 e. The number of hydrogen-bond donors (Lipinski definition) is 0. The topological polar surface area (TPSA) is 89.0 Å². The summed E-state index contributed by atoms with van der Waals surface area (Å²) in [5.41, 5.74) is 2.48. The molecule has 1 aliphatic heterocycles.